The normalized spacial score (nSPS) is 17.6. The predicted octanol–water partition coefficient (Wildman–Crippen LogP) is 2.17. The number of sulfonamides is 1. The summed E-state index contributed by atoms with van der Waals surface area (Å²) >= 11 is 7.01. The van der Waals surface area contributed by atoms with E-state index in [1.807, 2.05) is 0 Å². The Morgan fingerprint density at radius 2 is 2.20 bits per heavy atom. The zero-order chi connectivity index (χ0) is 11.1. The van der Waals surface area contributed by atoms with E-state index in [0.717, 1.165) is 0 Å². The summed E-state index contributed by atoms with van der Waals surface area (Å²) in [4.78, 5) is 0.157. The van der Waals surface area contributed by atoms with Gasteiger partial charge in [-0.25, -0.2) is 0 Å². The molecular formula is C8H7ClN2O2S2. The number of anilines is 1. The van der Waals surface area contributed by atoms with Gasteiger partial charge >= 0.3 is 0 Å². The molecule has 0 fully saturated rings. The van der Waals surface area contributed by atoms with E-state index in [0.29, 0.717) is 15.9 Å². The fraction of sp³-hybridized carbons (Fsp3) is 0.125. The zero-order valence-corrected chi connectivity index (χ0v) is 10.1. The molecule has 0 bridgehead atoms. The van der Waals surface area contributed by atoms with E-state index in [2.05, 4.69) is 9.71 Å². The molecule has 80 valence electrons. The standard InChI is InChI=1S/C8H7ClN2O2S2/c1-14-8-10-6-4-5(9)2-3-7(6)15(12,13)11-8/h2-4H,1H3,(H,10,11). The summed E-state index contributed by atoms with van der Waals surface area (Å²) in [5, 5.41) is 3.73. The van der Waals surface area contributed by atoms with E-state index in [-0.39, 0.29) is 4.90 Å². The van der Waals surface area contributed by atoms with Gasteiger partial charge in [0.25, 0.3) is 10.0 Å². The summed E-state index contributed by atoms with van der Waals surface area (Å²) in [6, 6.07) is 4.54. The molecule has 4 nitrogen and oxygen atoms in total. The number of thioether (sulfide) groups is 1. The number of hydrogen-bond donors (Lipinski definition) is 1. The Morgan fingerprint density at radius 3 is 2.87 bits per heavy atom. The van der Waals surface area contributed by atoms with Crippen molar-refractivity contribution in [1.82, 2.24) is 0 Å². The van der Waals surface area contributed by atoms with Gasteiger partial charge in [0.15, 0.2) is 5.17 Å². The van der Waals surface area contributed by atoms with Crippen molar-refractivity contribution in [1.29, 1.82) is 0 Å². The van der Waals surface area contributed by atoms with Gasteiger partial charge in [0.2, 0.25) is 0 Å². The lowest BCUT2D eigenvalue weighted by Crippen LogP contribution is -2.18. The molecule has 0 amide bonds. The molecule has 1 aromatic rings. The van der Waals surface area contributed by atoms with Gasteiger partial charge in [-0.05, 0) is 24.5 Å². The van der Waals surface area contributed by atoms with E-state index in [1.165, 1.54) is 23.9 Å². The van der Waals surface area contributed by atoms with Crippen molar-refractivity contribution in [3.05, 3.63) is 23.2 Å². The van der Waals surface area contributed by atoms with Gasteiger partial charge in [-0.15, -0.1) is 4.40 Å². The highest BCUT2D eigenvalue weighted by molar-refractivity contribution is 8.14. The largest absolute Gasteiger partial charge is 0.333 e. The molecule has 7 heteroatoms. The second-order valence-electron chi connectivity index (χ2n) is 2.84. The van der Waals surface area contributed by atoms with E-state index >= 15 is 0 Å². The third-order valence-corrected chi connectivity index (χ3v) is 4.12. The highest BCUT2D eigenvalue weighted by Gasteiger charge is 2.24. The van der Waals surface area contributed by atoms with Crippen LogP contribution in [0.25, 0.3) is 0 Å². The van der Waals surface area contributed by atoms with E-state index in [4.69, 9.17) is 11.6 Å². The minimum atomic E-state index is -3.57. The van der Waals surface area contributed by atoms with Gasteiger partial charge in [0.05, 0.1) is 5.69 Å². The number of rotatable bonds is 0. The maximum atomic E-state index is 11.7. The summed E-state index contributed by atoms with van der Waals surface area (Å²) < 4.78 is 26.9. The molecule has 0 spiro atoms. The van der Waals surface area contributed by atoms with Gasteiger partial charge in [-0.1, -0.05) is 23.4 Å². The lowest BCUT2D eigenvalue weighted by Gasteiger charge is -2.16. The first-order valence-corrected chi connectivity index (χ1v) is 7.03. The Balaban J connectivity index is 2.64. The number of hydrogen-bond acceptors (Lipinski definition) is 4. The molecule has 0 unspecified atom stereocenters. The SMILES string of the molecule is CSC1=NS(=O)(=O)c2ccc(Cl)cc2N1. The average Bonchev–Trinajstić information content (AvgIpc) is 2.15. The molecule has 15 heavy (non-hydrogen) atoms. The molecule has 0 aliphatic carbocycles. The van der Waals surface area contributed by atoms with Crippen LogP contribution < -0.4 is 5.32 Å². The molecule has 1 aliphatic heterocycles. The first kappa shape index (κ1) is 10.8. The van der Waals surface area contributed by atoms with Crippen molar-refractivity contribution in [3.63, 3.8) is 0 Å². The van der Waals surface area contributed by atoms with Crippen molar-refractivity contribution in [2.45, 2.75) is 4.90 Å². The molecule has 2 rings (SSSR count). The summed E-state index contributed by atoms with van der Waals surface area (Å²) in [7, 11) is -3.57. The lowest BCUT2D eigenvalue weighted by molar-refractivity contribution is 0.598. The second-order valence-corrected chi connectivity index (χ2v) is 5.65. The van der Waals surface area contributed by atoms with Gasteiger partial charge in [-0.3, -0.25) is 0 Å². The Kier molecular flexibility index (Phi) is 2.66. The van der Waals surface area contributed by atoms with Crippen LogP contribution in [0.3, 0.4) is 0 Å². The molecule has 0 atom stereocenters. The van der Waals surface area contributed by atoms with Crippen molar-refractivity contribution < 1.29 is 8.42 Å². The number of nitrogens with one attached hydrogen (secondary N) is 1. The molecule has 0 saturated carbocycles. The molecule has 1 heterocycles. The highest BCUT2D eigenvalue weighted by atomic mass is 35.5. The van der Waals surface area contributed by atoms with Crippen LogP contribution in [0.4, 0.5) is 5.69 Å². The van der Waals surface area contributed by atoms with Crippen molar-refractivity contribution in [3.8, 4) is 0 Å². The van der Waals surface area contributed by atoms with Gasteiger partial charge < -0.3 is 5.32 Å². The Bertz CT molecular complexity index is 540. The van der Waals surface area contributed by atoms with Crippen molar-refractivity contribution in [2.24, 2.45) is 4.40 Å². The number of nitrogens with zero attached hydrogens (tertiary/aromatic N) is 1. The second kappa shape index (κ2) is 3.70. The van der Waals surface area contributed by atoms with E-state index < -0.39 is 10.0 Å². The van der Waals surface area contributed by atoms with Crippen LogP contribution in [0, 0.1) is 0 Å². The Labute approximate surface area is 96.8 Å². The molecule has 0 saturated heterocycles. The highest BCUT2D eigenvalue weighted by Crippen LogP contribution is 2.31. The molecule has 0 radical (unpaired) electrons. The number of fused-ring (bicyclic) bond motifs is 1. The number of amidine groups is 1. The predicted molar refractivity (Wildman–Crippen MR) is 63.2 cm³/mol. The fourth-order valence-electron chi connectivity index (χ4n) is 1.21. The summed E-state index contributed by atoms with van der Waals surface area (Å²) in [6.07, 6.45) is 1.75. The van der Waals surface area contributed by atoms with E-state index in [1.54, 1.807) is 12.3 Å². The molecule has 1 aliphatic rings. The minimum Gasteiger partial charge on any atom is -0.333 e. The number of halogens is 1. The van der Waals surface area contributed by atoms with Gasteiger partial charge in [0, 0.05) is 5.02 Å². The van der Waals surface area contributed by atoms with Gasteiger partial charge in [-0.2, -0.15) is 8.42 Å². The van der Waals surface area contributed by atoms with Crippen LogP contribution in [0.2, 0.25) is 5.02 Å². The Morgan fingerprint density at radius 1 is 1.47 bits per heavy atom. The van der Waals surface area contributed by atoms with Gasteiger partial charge in [0.1, 0.15) is 4.90 Å². The minimum absolute atomic E-state index is 0.157. The smallest absolute Gasteiger partial charge is 0.286 e. The molecular weight excluding hydrogens is 256 g/mol. The first-order valence-electron chi connectivity index (χ1n) is 3.98. The van der Waals surface area contributed by atoms with Crippen LogP contribution in [0.1, 0.15) is 0 Å². The van der Waals surface area contributed by atoms with Crippen LogP contribution in [0.5, 0.6) is 0 Å². The monoisotopic (exact) mass is 262 g/mol. The Hall–Kier alpha value is -0.720. The molecule has 1 aromatic carbocycles. The summed E-state index contributed by atoms with van der Waals surface area (Å²) in [5.74, 6) is 0. The van der Waals surface area contributed by atoms with E-state index in [9.17, 15) is 8.42 Å². The van der Waals surface area contributed by atoms with Crippen molar-refractivity contribution in [2.75, 3.05) is 11.6 Å². The molecule has 0 aromatic heterocycles. The first-order chi connectivity index (χ1) is 7.03. The summed E-state index contributed by atoms with van der Waals surface area (Å²) in [5.41, 5.74) is 0.474. The van der Waals surface area contributed by atoms with Crippen LogP contribution in [0.15, 0.2) is 27.5 Å². The van der Waals surface area contributed by atoms with Crippen LogP contribution in [-0.4, -0.2) is 19.8 Å². The lowest BCUT2D eigenvalue weighted by atomic mass is 10.3. The fourth-order valence-corrected chi connectivity index (χ4v) is 3.18. The zero-order valence-electron chi connectivity index (χ0n) is 7.69. The van der Waals surface area contributed by atoms with Crippen molar-refractivity contribution >= 4 is 44.2 Å². The van der Waals surface area contributed by atoms with Crippen LogP contribution >= 0.6 is 23.4 Å². The maximum absolute atomic E-state index is 11.7. The topological polar surface area (TPSA) is 58.5 Å². The van der Waals surface area contributed by atoms with Crippen LogP contribution in [-0.2, 0) is 10.0 Å². The average molecular weight is 263 g/mol. The summed E-state index contributed by atoms with van der Waals surface area (Å²) in [6.45, 7) is 0. The maximum Gasteiger partial charge on any atom is 0.286 e. The quantitative estimate of drug-likeness (QED) is 0.779. The third kappa shape index (κ3) is 1.97. The number of benzene rings is 1. The third-order valence-electron chi connectivity index (χ3n) is 1.86. The molecule has 1 N–H and O–H groups in total.